The molecule has 0 aromatic rings. The smallest absolute Gasteiger partial charge is 0.187 e. The molecule has 166 valence electrons. The summed E-state index contributed by atoms with van der Waals surface area (Å²) in [5, 5.41) is 87.2. The highest BCUT2D eigenvalue weighted by molar-refractivity contribution is 4.94. The second-order valence-corrected chi connectivity index (χ2v) is 6.63. The van der Waals surface area contributed by atoms with Gasteiger partial charge in [-0.15, -0.1) is 0 Å². The SMILES string of the molecule is OCC(CO)OC1OC(CO)C(O)C(OC2OC(CO)C(O)C(O)C2O)C1O. The Morgan fingerprint density at radius 1 is 0.643 bits per heavy atom. The Labute approximate surface area is 159 Å². The van der Waals surface area contributed by atoms with Gasteiger partial charge < -0.3 is 64.9 Å². The van der Waals surface area contributed by atoms with Crippen LogP contribution in [0.25, 0.3) is 0 Å². The Bertz CT molecular complexity index is 459. The second-order valence-electron chi connectivity index (χ2n) is 6.63. The lowest BCUT2D eigenvalue weighted by molar-refractivity contribution is -0.364. The van der Waals surface area contributed by atoms with Crippen LogP contribution in [0.4, 0.5) is 0 Å². The molecule has 2 aliphatic heterocycles. The van der Waals surface area contributed by atoms with Crippen LogP contribution < -0.4 is 0 Å². The third-order valence-corrected chi connectivity index (χ3v) is 4.70. The van der Waals surface area contributed by atoms with E-state index in [2.05, 4.69) is 0 Å². The molecule has 0 aliphatic carbocycles. The fourth-order valence-electron chi connectivity index (χ4n) is 2.99. The van der Waals surface area contributed by atoms with E-state index in [0.29, 0.717) is 0 Å². The first-order valence-electron chi connectivity index (χ1n) is 8.74. The van der Waals surface area contributed by atoms with Crippen LogP contribution in [0.1, 0.15) is 0 Å². The highest BCUT2D eigenvalue weighted by Crippen LogP contribution is 2.29. The largest absolute Gasteiger partial charge is 0.394 e. The molecule has 2 heterocycles. The van der Waals surface area contributed by atoms with E-state index in [4.69, 9.17) is 29.2 Å². The van der Waals surface area contributed by atoms with Crippen LogP contribution in [0.2, 0.25) is 0 Å². The van der Waals surface area contributed by atoms with Crippen LogP contribution in [0.3, 0.4) is 0 Å². The van der Waals surface area contributed by atoms with Gasteiger partial charge in [-0.3, -0.25) is 0 Å². The molecule has 0 radical (unpaired) electrons. The lowest BCUT2D eigenvalue weighted by atomic mass is 9.97. The number of aliphatic hydroxyl groups is 9. The molecule has 0 aromatic heterocycles. The summed E-state index contributed by atoms with van der Waals surface area (Å²) in [6.45, 7) is -2.62. The molecule has 0 amide bonds. The quantitative estimate of drug-likeness (QED) is 0.180. The Balaban J connectivity index is 2.16. The van der Waals surface area contributed by atoms with Crippen LogP contribution >= 0.6 is 0 Å². The lowest BCUT2D eigenvalue weighted by Gasteiger charge is -2.46. The van der Waals surface area contributed by atoms with Crippen LogP contribution in [-0.4, -0.2) is 140 Å². The predicted molar refractivity (Wildman–Crippen MR) is 85.4 cm³/mol. The van der Waals surface area contributed by atoms with E-state index in [9.17, 15) is 35.7 Å². The monoisotopic (exact) mass is 416 g/mol. The topological polar surface area (TPSA) is 219 Å². The maximum absolute atomic E-state index is 10.4. The normalized spacial score (nSPS) is 44.8. The maximum atomic E-state index is 10.4. The van der Waals surface area contributed by atoms with Gasteiger partial charge in [0.1, 0.15) is 54.9 Å². The van der Waals surface area contributed by atoms with Gasteiger partial charge in [0, 0.05) is 0 Å². The second kappa shape index (κ2) is 10.5. The molecular weight excluding hydrogens is 388 g/mol. The zero-order valence-corrected chi connectivity index (χ0v) is 14.8. The Hall–Kier alpha value is -0.520. The van der Waals surface area contributed by atoms with Crippen molar-refractivity contribution < 1.29 is 64.9 Å². The summed E-state index contributed by atoms with van der Waals surface area (Å²) in [5.74, 6) is 0. The standard InChI is InChI=1S/C15H28O13/c16-1-5(2-17)25-15-12(24)13(9(21)7(4-19)27-15)28-14-11(23)10(22)8(20)6(3-18)26-14/h5-24H,1-4H2. The van der Waals surface area contributed by atoms with Crippen LogP contribution in [0.15, 0.2) is 0 Å². The van der Waals surface area contributed by atoms with Crippen molar-refractivity contribution in [2.24, 2.45) is 0 Å². The van der Waals surface area contributed by atoms with Gasteiger partial charge in [-0.1, -0.05) is 0 Å². The molecule has 2 saturated heterocycles. The third-order valence-electron chi connectivity index (χ3n) is 4.70. The van der Waals surface area contributed by atoms with Crippen molar-refractivity contribution in [2.75, 3.05) is 26.4 Å². The first kappa shape index (κ1) is 23.8. The summed E-state index contributed by atoms with van der Waals surface area (Å²) in [7, 11) is 0. The van der Waals surface area contributed by atoms with Gasteiger partial charge in [-0.25, -0.2) is 0 Å². The first-order chi connectivity index (χ1) is 13.3. The van der Waals surface area contributed by atoms with Crippen molar-refractivity contribution in [3.63, 3.8) is 0 Å². The zero-order valence-electron chi connectivity index (χ0n) is 14.8. The summed E-state index contributed by atoms with van der Waals surface area (Å²) >= 11 is 0. The van der Waals surface area contributed by atoms with E-state index in [-0.39, 0.29) is 0 Å². The molecule has 13 nitrogen and oxygen atoms in total. The fraction of sp³-hybridized carbons (Fsp3) is 1.00. The molecule has 0 spiro atoms. The molecule has 0 bridgehead atoms. The van der Waals surface area contributed by atoms with Gasteiger partial charge in [0.25, 0.3) is 0 Å². The Morgan fingerprint density at radius 3 is 1.71 bits per heavy atom. The average molecular weight is 416 g/mol. The summed E-state index contributed by atoms with van der Waals surface area (Å²) in [6.07, 6.45) is -16.9. The molecule has 10 atom stereocenters. The van der Waals surface area contributed by atoms with E-state index in [1.807, 2.05) is 0 Å². The molecule has 9 N–H and O–H groups in total. The molecule has 2 aliphatic rings. The predicted octanol–water partition coefficient (Wildman–Crippen LogP) is -6.02. The van der Waals surface area contributed by atoms with E-state index >= 15 is 0 Å². The van der Waals surface area contributed by atoms with Gasteiger partial charge >= 0.3 is 0 Å². The fourth-order valence-corrected chi connectivity index (χ4v) is 2.99. The molecular formula is C15H28O13. The zero-order chi connectivity index (χ0) is 21.0. The lowest BCUT2D eigenvalue weighted by Crippen LogP contribution is -2.65. The Kier molecular flexibility index (Phi) is 8.90. The number of rotatable bonds is 8. The van der Waals surface area contributed by atoms with Crippen LogP contribution in [0.5, 0.6) is 0 Å². The Morgan fingerprint density at radius 2 is 1.18 bits per heavy atom. The molecule has 13 heteroatoms. The third kappa shape index (κ3) is 4.96. The minimum atomic E-state index is -1.78. The molecule has 0 aromatic carbocycles. The first-order valence-corrected chi connectivity index (χ1v) is 8.74. The van der Waals surface area contributed by atoms with Crippen LogP contribution in [-0.2, 0) is 18.9 Å². The van der Waals surface area contributed by atoms with Gasteiger partial charge in [0.15, 0.2) is 12.6 Å². The molecule has 2 rings (SSSR count). The van der Waals surface area contributed by atoms with E-state index in [0.717, 1.165) is 0 Å². The number of aliphatic hydroxyl groups excluding tert-OH is 9. The minimum Gasteiger partial charge on any atom is -0.394 e. The van der Waals surface area contributed by atoms with Crippen molar-refractivity contribution in [2.45, 2.75) is 67.5 Å². The van der Waals surface area contributed by atoms with Crippen molar-refractivity contribution in [3.8, 4) is 0 Å². The van der Waals surface area contributed by atoms with Crippen molar-refractivity contribution in [1.82, 2.24) is 0 Å². The van der Waals surface area contributed by atoms with E-state index < -0.39 is 93.9 Å². The van der Waals surface area contributed by atoms with Crippen molar-refractivity contribution in [3.05, 3.63) is 0 Å². The van der Waals surface area contributed by atoms with Crippen LogP contribution in [0, 0.1) is 0 Å². The molecule has 10 unspecified atom stereocenters. The maximum Gasteiger partial charge on any atom is 0.187 e. The van der Waals surface area contributed by atoms with Gasteiger partial charge in [0.05, 0.1) is 26.4 Å². The van der Waals surface area contributed by atoms with Crippen molar-refractivity contribution in [1.29, 1.82) is 0 Å². The van der Waals surface area contributed by atoms with Gasteiger partial charge in [-0.2, -0.15) is 0 Å². The molecule has 0 saturated carbocycles. The highest BCUT2D eigenvalue weighted by atomic mass is 16.7. The average Bonchev–Trinajstić information content (AvgIpc) is 2.70. The number of ether oxygens (including phenoxy) is 4. The summed E-state index contributed by atoms with van der Waals surface area (Å²) in [4.78, 5) is 0. The molecule has 28 heavy (non-hydrogen) atoms. The van der Waals surface area contributed by atoms with E-state index in [1.54, 1.807) is 0 Å². The highest BCUT2D eigenvalue weighted by Gasteiger charge is 2.51. The van der Waals surface area contributed by atoms with E-state index in [1.165, 1.54) is 0 Å². The van der Waals surface area contributed by atoms with Gasteiger partial charge in [0.2, 0.25) is 0 Å². The summed E-state index contributed by atoms with van der Waals surface area (Å²) in [5.41, 5.74) is 0. The van der Waals surface area contributed by atoms with Gasteiger partial charge in [-0.05, 0) is 0 Å². The summed E-state index contributed by atoms with van der Waals surface area (Å²) in [6, 6.07) is 0. The number of hydrogen-bond donors (Lipinski definition) is 9. The number of hydrogen-bond acceptors (Lipinski definition) is 13. The summed E-state index contributed by atoms with van der Waals surface area (Å²) < 4.78 is 21.0. The molecule has 2 fully saturated rings. The minimum absolute atomic E-state index is 0.604. The van der Waals surface area contributed by atoms with Crippen molar-refractivity contribution >= 4 is 0 Å².